The van der Waals surface area contributed by atoms with Crippen molar-refractivity contribution in [3.05, 3.63) is 42.4 Å². The fourth-order valence-electron chi connectivity index (χ4n) is 3.63. The van der Waals surface area contributed by atoms with Crippen LogP contribution in [0.25, 0.3) is 11.3 Å². The summed E-state index contributed by atoms with van der Waals surface area (Å²) in [5.74, 6) is 1.61. The second-order valence-corrected chi connectivity index (χ2v) is 6.86. The maximum Gasteiger partial charge on any atom is 0.209 e. The van der Waals surface area contributed by atoms with Crippen LogP contribution in [0, 0.1) is 5.41 Å². The summed E-state index contributed by atoms with van der Waals surface area (Å²) in [6.45, 7) is 5.98. The van der Waals surface area contributed by atoms with E-state index in [0.717, 1.165) is 76.1 Å². The standard InChI is InChI=1S/C19H24N2O3/c1-2-4-16(5-3-1)17-12-20-18(24-17)13-21-8-11-23-15-19(14-21)6-9-22-10-7-19/h1-5,12H,6-11,13-15H2. The Kier molecular flexibility index (Phi) is 4.65. The van der Waals surface area contributed by atoms with E-state index >= 15 is 0 Å². The third-order valence-electron chi connectivity index (χ3n) is 5.04. The van der Waals surface area contributed by atoms with Crippen molar-refractivity contribution in [1.29, 1.82) is 0 Å². The monoisotopic (exact) mass is 328 g/mol. The van der Waals surface area contributed by atoms with Crippen molar-refractivity contribution in [1.82, 2.24) is 9.88 Å². The summed E-state index contributed by atoms with van der Waals surface area (Å²) in [6.07, 6.45) is 3.97. The number of aromatic nitrogens is 1. The van der Waals surface area contributed by atoms with E-state index in [9.17, 15) is 0 Å². The van der Waals surface area contributed by atoms with Gasteiger partial charge in [0.1, 0.15) is 0 Å². The Morgan fingerprint density at radius 1 is 1.04 bits per heavy atom. The molecule has 2 saturated heterocycles. The van der Waals surface area contributed by atoms with E-state index in [0.29, 0.717) is 0 Å². The van der Waals surface area contributed by atoms with Crippen LogP contribution in [0.2, 0.25) is 0 Å². The van der Waals surface area contributed by atoms with E-state index in [1.807, 2.05) is 36.5 Å². The normalized spacial score (nSPS) is 21.7. The van der Waals surface area contributed by atoms with E-state index in [4.69, 9.17) is 13.9 Å². The lowest BCUT2D eigenvalue weighted by Crippen LogP contribution is -2.42. The van der Waals surface area contributed by atoms with Crippen LogP contribution in [0.1, 0.15) is 18.7 Å². The number of ether oxygens (including phenoxy) is 2. The van der Waals surface area contributed by atoms with Crippen LogP contribution in [-0.4, -0.2) is 49.4 Å². The van der Waals surface area contributed by atoms with E-state index in [1.54, 1.807) is 0 Å². The molecule has 0 unspecified atom stereocenters. The van der Waals surface area contributed by atoms with Crippen molar-refractivity contribution in [2.75, 3.05) is 39.5 Å². The Labute approximate surface area is 142 Å². The Morgan fingerprint density at radius 2 is 1.88 bits per heavy atom. The van der Waals surface area contributed by atoms with Gasteiger partial charge in [0.25, 0.3) is 0 Å². The van der Waals surface area contributed by atoms with Crippen LogP contribution in [0.3, 0.4) is 0 Å². The average Bonchev–Trinajstić information content (AvgIpc) is 3.00. The summed E-state index contributed by atoms with van der Waals surface area (Å²) >= 11 is 0. The van der Waals surface area contributed by atoms with Crippen molar-refractivity contribution in [3.8, 4) is 11.3 Å². The zero-order chi connectivity index (χ0) is 16.2. The van der Waals surface area contributed by atoms with Gasteiger partial charge in [-0.05, 0) is 12.8 Å². The van der Waals surface area contributed by atoms with E-state index in [-0.39, 0.29) is 5.41 Å². The molecule has 3 heterocycles. The minimum absolute atomic E-state index is 0.226. The van der Waals surface area contributed by atoms with Crippen molar-refractivity contribution in [2.24, 2.45) is 5.41 Å². The maximum absolute atomic E-state index is 5.97. The third-order valence-corrected chi connectivity index (χ3v) is 5.04. The zero-order valence-electron chi connectivity index (χ0n) is 13.9. The number of oxazole rings is 1. The highest BCUT2D eigenvalue weighted by molar-refractivity contribution is 5.55. The summed E-state index contributed by atoms with van der Waals surface area (Å²) < 4.78 is 17.4. The lowest BCUT2D eigenvalue weighted by Gasteiger charge is -2.38. The Balaban J connectivity index is 1.45. The van der Waals surface area contributed by atoms with Gasteiger partial charge in [-0.15, -0.1) is 0 Å². The predicted octanol–water partition coefficient (Wildman–Crippen LogP) is 2.97. The first-order valence-electron chi connectivity index (χ1n) is 8.71. The molecule has 0 N–H and O–H groups in total. The molecule has 2 aliphatic heterocycles. The van der Waals surface area contributed by atoms with Gasteiger partial charge in [-0.25, -0.2) is 4.98 Å². The molecule has 1 spiro atoms. The van der Waals surface area contributed by atoms with Crippen LogP contribution < -0.4 is 0 Å². The smallest absolute Gasteiger partial charge is 0.209 e. The summed E-state index contributed by atoms with van der Waals surface area (Å²) in [5.41, 5.74) is 1.29. The van der Waals surface area contributed by atoms with Gasteiger partial charge in [-0.2, -0.15) is 0 Å². The zero-order valence-corrected chi connectivity index (χ0v) is 13.9. The molecule has 2 aromatic rings. The largest absolute Gasteiger partial charge is 0.439 e. The summed E-state index contributed by atoms with van der Waals surface area (Å²) in [7, 11) is 0. The first-order valence-corrected chi connectivity index (χ1v) is 8.71. The maximum atomic E-state index is 5.97. The fourth-order valence-corrected chi connectivity index (χ4v) is 3.63. The Morgan fingerprint density at radius 3 is 2.71 bits per heavy atom. The van der Waals surface area contributed by atoms with Gasteiger partial charge in [0.05, 0.1) is 26.0 Å². The first-order chi connectivity index (χ1) is 11.8. The first kappa shape index (κ1) is 15.8. The van der Waals surface area contributed by atoms with Gasteiger partial charge in [0.15, 0.2) is 5.76 Å². The van der Waals surface area contributed by atoms with Crippen LogP contribution in [-0.2, 0) is 16.0 Å². The molecular weight excluding hydrogens is 304 g/mol. The van der Waals surface area contributed by atoms with Gasteiger partial charge in [-0.3, -0.25) is 4.90 Å². The van der Waals surface area contributed by atoms with Gasteiger partial charge < -0.3 is 13.9 Å². The molecule has 0 aliphatic carbocycles. The summed E-state index contributed by atoms with van der Waals surface area (Å²) in [5, 5.41) is 0. The second kappa shape index (κ2) is 7.05. The Hall–Kier alpha value is -1.69. The van der Waals surface area contributed by atoms with Crippen LogP contribution in [0.4, 0.5) is 0 Å². The van der Waals surface area contributed by atoms with Crippen molar-refractivity contribution in [2.45, 2.75) is 19.4 Å². The predicted molar refractivity (Wildman–Crippen MR) is 90.5 cm³/mol. The topological polar surface area (TPSA) is 47.7 Å². The molecule has 24 heavy (non-hydrogen) atoms. The van der Waals surface area contributed by atoms with Gasteiger partial charge in [0, 0.05) is 37.3 Å². The summed E-state index contributed by atoms with van der Waals surface area (Å²) in [4.78, 5) is 6.89. The number of hydrogen-bond donors (Lipinski definition) is 0. The van der Waals surface area contributed by atoms with E-state index in [1.165, 1.54) is 0 Å². The van der Waals surface area contributed by atoms with Crippen molar-refractivity contribution < 1.29 is 13.9 Å². The molecular formula is C19H24N2O3. The average molecular weight is 328 g/mol. The van der Waals surface area contributed by atoms with E-state index < -0.39 is 0 Å². The lowest BCUT2D eigenvalue weighted by atomic mass is 9.80. The molecule has 0 radical (unpaired) electrons. The van der Waals surface area contributed by atoms with Gasteiger partial charge >= 0.3 is 0 Å². The minimum atomic E-state index is 0.226. The highest BCUT2D eigenvalue weighted by Crippen LogP contribution is 2.34. The SMILES string of the molecule is c1ccc(-c2cnc(CN3CCOCC4(CCOCC4)C3)o2)cc1. The number of rotatable bonds is 3. The third kappa shape index (κ3) is 3.53. The molecule has 2 fully saturated rings. The van der Waals surface area contributed by atoms with E-state index in [2.05, 4.69) is 9.88 Å². The van der Waals surface area contributed by atoms with Crippen LogP contribution in [0.15, 0.2) is 40.9 Å². The fraction of sp³-hybridized carbons (Fsp3) is 0.526. The summed E-state index contributed by atoms with van der Waals surface area (Å²) in [6, 6.07) is 10.1. The lowest BCUT2D eigenvalue weighted by molar-refractivity contribution is -0.0323. The Bertz CT molecular complexity index is 650. The molecule has 1 aromatic heterocycles. The quantitative estimate of drug-likeness (QED) is 0.867. The highest BCUT2D eigenvalue weighted by atomic mass is 16.5. The van der Waals surface area contributed by atoms with Gasteiger partial charge in [0.2, 0.25) is 5.89 Å². The molecule has 128 valence electrons. The number of hydrogen-bond acceptors (Lipinski definition) is 5. The molecule has 0 bridgehead atoms. The minimum Gasteiger partial charge on any atom is -0.439 e. The molecule has 0 saturated carbocycles. The molecule has 5 nitrogen and oxygen atoms in total. The van der Waals surface area contributed by atoms with Gasteiger partial charge in [-0.1, -0.05) is 30.3 Å². The highest BCUT2D eigenvalue weighted by Gasteiger charge is 2.36. The molecule has 4 rings (SSSR count). The van der Waals surface area contributed by atoms with Crippen molar-refractivity contribution >= 4 is 0 Å². The molecule has 2 aliphatic rings. The molecule has 0 atom stereocenters. The van der Waals surface area contributed by atoms with Crippen LogP contribution >= 0.6 is 0 Å². The molecule has 0 amide bonds. The second-order valence-electron chi connectivity index (χ2n) is 6.86. The number of nitrogens with zero attached hydrogens (tertiary/aromatic N) is 2. The van der Waals surface area contributed by atoms with Crippen LogP contribution in [0.5, 0.6) is 0 Å². The molecule has 5 heteroatoms. The van der Waals surface area contributed by atoms with Crippen molar-refractivity contribution in [3.63, 3.8) is 0 Å². The molecule has 1 aromatic carbocycles. The number of benzene rings is 1.